The lowest BCUT2D eigenvalue weighted by Crippen LogP contribution is -2.53. The Morgan fingerprint density at radius 1 is 1.50 bits per heavy atom. The molecular formula is C15H27N3O2. The smallest absolute Gasteiger partial charge is 0.235 e. The SMILES string of the molecule is CC(C)C(C)(C#N)NC(=O)CN1CCCCCC1CO. The summed E-state index contributed by atoms with van der Waals surface area (Å²) in [7, 11) is 0. The number of nitrogens with one attached hydrogen (secondary N) is 1. The van der Waals surface area contributed by atoms with Crippen LogP contribution in [0.2, 0.25) is 0 Å². The quantitative estimate of drug-likeness (QED) is 0.796. The van der Waals surface area contributed by atoms with Gasteiger partial charge in [0.25, 0.3) is 0 Å². The normalized spacial score (nSPS) is 23.7. The average Bonchev–Trinajstić information content (AvgIpc) is 2.63. The molecule has 1 fully saturated rings. The summed E-state index contributed by atoms with van der Waals surface area (Å²) in [6, 6.07) is 2.25. The van der Waals surface area contributed by atoms with Crippen molar-refractivity contribution >= 4 is 5.91 Å². The van der Waals surface area contributed by atoms with Crippen molar-refractivity contribution in [3.05, 3.63) is 0 Å². The van der Waals surface area contributed by atoms with Gasteiger partial charge in [-0.15, -0.1) is 0 Å². The monoisotopic (exact) mass is 281 g/mol. The number of hydrogen-bond acceptors (Lipinski definition) is 4. The molecule has 0 aliphatic carbocycles. The Labute approximate surface area is 122 Å². The van der Waals surface area contributed by atoms with E-state index in [1.807, 2.05) is 18.7 Å². The molecule has 0 radical (unpaired) electrons. The van der Waals surface area contributed by atoms with E-state index in [0.717, 1.165) is 32.2 Å². The molecule has 0 saturated carbocycles. The van der Waals surface area contributed by atoms with E-state index < -0.39 is 5.54 Å². The first-order chi connectivity index (χ1) is 9.42. The molecule has 0 aromatic rings. The van der Waals surface area contributed by atoms with Gasteiger partial charge < -0.3 is 10.4 Å². The summed E-state index contributed by atoms with van der Waals surface area (Å²) < 4.78 is 0. The van der Waals surface area contributed by atoms with Crippen LogP contribution in [0.3, 0.4) is 0 Å². The second-order valence-corrected chi connectivity index (χ2v) is 6.17. The second kappa shape index (κ2) is 7.61. The van der Waals surface area contributed by atoms with Gasteiger partial charge in [-0.25, -0.2) is 0 Å². The number of carbonyl (C=O) groups is 1. The highest BCUT2D eigenvalue weighted by Gasteiger charge is 2.31. The maximum atomic E-state index is 12.2. The van der Waals surface area contributed by atoms with Gasteiger partial charge in [-0.2, -0.15) is 5.26 Å². The standard InChI is InChI=1S/C15H27N3O2/c1-12(2)15(3,11-16)17-14(20)9-18-8-6-4-5-7-13(18)10-19/h12-13,19H,4-10H2,1-3H3,(H,17,20). The summed E-state index contributed by atoms with van der Waals surface area (Å²) in [6.45, 7) is 6.78. The predicted molar refractivity (Wildman–Crippen MR) is 77.9 cm³/mol. The number of carbonyl (C=O) groups excluding carboxylic acids is 1. The molecule has 0 spiro atoms. The van der Waals surface area contributed by atoms with E-state index in [1.165, 1.54) is 0 Å². The molecule has 0 aromatic carbocycles. The third-order valence-corrected chi connectivity index (χ3v) is 4.34. The van der Waals surface area contributed by atoms with Gasteiger partial charge in [0, 0.05) is 6.04 Å². The number of aliphatic hydroxyl groups is 1. The zero-order valence-electron chi connectivity index (χ0n) is 12.9. The Bertz CT molecular complexity index is 365. The number of nitrogens with zero attached hydrogens (tertiary/aromatic N) is 2. The van der Waals surface area contributed by atoms with Crippen LogP contribution in [0.4, 0.5) is 0 Å². The number of likely N-dealkylation sites (tertiary alicyclic amines) is 1. The molecule has 20 heavy (non-hydrogen) atoms. The molecule has 2 atom stereocenters. The summed E-state index contributed by atoms with van der Waals surface area (Å²) in [5, 5.41) is 21.5. The molecule has 5 heteroatoms. The molecule has 1 heterocycles. The number of hydrogen-bond donors (Lipinski definition) is 2. The maximum Gasteiger partial charge on any atom is 0.235 e. The molecule has 1 aliphatic heterocycles. The Kier molecular flexibility index (Phi) is 6.44. The Hall–Kier alpha value is -1.12. The molecule has 1 saturated heterocycles. The summed E-state index contributed by atoms with van der Waals surface area (Å²) in [4.78, 5) is 14.2. The highest BCUT2D eigenvalue weighted by atomic mass is 16.3. The lowest BCUT2D eigenvalue weighted by molar-refractivity contribution is -0.124. The van der Waals surface area contributed by atoms with Gasteiger partial charge in [-0.05, 0) is 32.2 Å². The van der Waals surface area contributed by atoms with E-state index in [2.05, 4.69) is 11.4 Å². The van der Waals surface area contributed by atoms with Gasteiger partial charge in [-0.3, -0.25) is 9.69 Å². The van der Waals surface area contributed by atoms with Crippen molar-refractivity contribution in [3.8, 4) is 6.07 Å². The summed E-state index contributed by atoms with van der Waals surface area (Å²) in [5.74, 6) is -0.0858. The number of aliphatic hydroxyl groups excluding tert-OH is 1. The maximum absolute atomic E-state index is 12.2. The van der Waals surface area contributed by atoms with E-state index in [4.69, 9.17) is 0 Å². The van der Waals surface area contributed by atoms with Crippen molar-refractivity contribution in [2.45, 2.75) is 58.0 Å². The van der Waals surface area contributed by atoms with Gasteiger partial charge >= 0.3 is 0 Å². The van der Waals surface area contributed by atoms with Crippen LogP contribution in [-0.4, -0.2) is 47.2 Å². The van der Waals surface area contributed by atoms with Gasteiger partial charge in [0.2, 0.25) is 5.91 Å². The molecule has 5 nitrogen and oxygen atoms in total. The van der Waals surface area contributed by atoms with E-state index in [0.29, 0.717) is 0 Å². The van der Waals surface area contributed by atoms with Crippen LogP contribution in [-0.2, 0) is 4.79 Å². The Morgan fingerprint density at radius 2 is 2.20 bits per heavy atom. The van der Waals surface area contributed by atoms with Crippen molar-refractivity contribution in [3.63, 3.8) is 0 Å². The Morgan fingerprint density at radius 3 is 2.75 bits per heavy atom. The van der Waals surface area contributed by atoms with Crippen LogP contribution < -0.4 is 5.32 Å². The van der Waals surface area contributed by atoms with Crippen molar-refractivity contribution in [1.82, 2.24) is 10.2 Å². The molecule has 1 rings (SSSR count). The molecule has 1 amide bonds. The minimum Gasteiger partial charge on any atom is -0.395 e. The molecule has 0 aromatic heterocycles. The van der Waals surface area contributed by atoms with E-state index in [1.54, 1.807) is 6.92 Å². The fraction of sp³-hybridized carbons (Fsp3) is 0.867. The lowest BCUT2D eigenvalue weighted by atomic mass is 9.90. The van der Waals surface area contributed by atoms with Crippen LogP contribution >= 0.6 is 0 Å². The number of rotatable bonds is 5. The fourth-order valence-corrected chi connectivity index (χ4v) is 2.47. The van der Waals surface area contributed by atoms with Crippen LogP contribution in [0.25, 0.3) is 0 Å². The van der Waals surface area contributed by atoms with Gasteiger partial charge in [0.05, 0.1) is 19.2 Å². The van der Waals surface area contributed by atoms with Crippen LogP contribution in [0.15, 0.2) is 0 Å². The summed E-state index contributed by atoms with van der Waals surface area (Å²) in [6.07, 6.45) is 4.24. The van der Waals surface area contributed by atoms with Gasteiger partial charge in [-0.1, -0.05) is 26.7 Å². The molecule has 114 valence electrons. The zero-order chi connectivity index (χ0) is 15.2. The molecular weight excluding hydrogens is 254 g/mol. The highest BCUT2D eigenvalue weighted by molar-refractivity contribution is 5.79. The van der Waals surface area contributed by atoms with E-state index in [-0.39, 0.29) is 31.0 Å². The minimum atomic E-state index is -0.836. The van der Waals surface area contributed by atoms with Gasteiger partial charge in [0.15, 0.2) is 0 Å². The zero-order valence-corrected chi connectivity index (χ0v) is 12.9. The third kappa shape index (κ3) is 4.46. The van der Waals surface area contributed by atoms with Crippen molar-refractivity contribution in [2.24, 2.45) is 5.92 Å². The fourth-order valence-electron chi connectivity index (χ4n) is 2.47. The first kappa shape index (κ1) is 16.9. The minimum absolute atomic E-state index is 0.0502. The van der Waals surface area contributed by atoms with E-state index in [9.17, 15) is 15.2 Å². The van der Waals surface area contributed by atoms with Crippen molar-refractivity contribution < 1.29 is 9.90 Å². The summed E-state index contributed by atoms with van der Waals surface area (Å²) in [5.41, 5.74) is -0.836. The number of amides is 1. The lowest BCUT2D eigenvalue weighted by Gasteiger charge is -2.31. The van der Waals surface area contributed by atoms with Crippen LogP contribution in [0, 0.1) is 17.2 Å². The van der Waals surface area contributed by atoms with Crippen LogP contribution in [0.1, 0.15) is 46.5 Å². The van der Waals surface area contributed by atoms with Crippen molar-refractivity contribution in [2.75, 3.05) is 19.7 Å². The van der Waals surface area contributed by atoms with Gasteiger partial charge in [0.1, 0.15) is 5.54 Å². The van der Waals surface area contributed by atoms with Crippen LogP contribution in [0.5, 0.6) is 0 Å². The molecule has 1 aliphatic rings. The largest absolute Gasteiger partial charge is 0.395 e. The number of nitriles is 1. The topological polar surface area (TPSA) is 76.4 Å². The summed E-state index contributed by atoms with van der Waals surface area (Å²) >= 11 is 0. The molecule has 2 unspecified atom stereocenters. The molecule has 0 bridgehead atoms. The first-order valence-corrected chi connectivity index (χ1v) is 7.50. The Balaban J connectivity index is 2.62. The second-order valence-electron chi connectivity index (χ2n) is 6.17. The van der Waals surface area contributed by atoms with Crippen molar-refractivity contribution in [1.29, 1.82) is 5.26 Å². The first-order valence-electron chi connectivity index (χ1n) is 7.50. The molecule has 2 N–H and O–H groups in total. The predicted octanol–water partition coefficient (Wildman–Crippen LogP) is 1.28. The van der Waals surface area contributed by atoms with E-state index >= 15 is 0 Å². The average molecular weight is 281 g/mol. The third-order valence-electron chi connectivity index (χ3n) is 4.34. The highest BCUT2D eigenvalue weighted by Crippen LogP contribution is 2.18.